The number of thiazole rings is 1. The summed E-state index contributed by atoms with van der Waals surface area (Å²) in [6, 6.07) is 9.67. The van der Waals surface area contributed by atoms with Crippen molar-refractivity contribution in [1.29, 1.82) is 0 Å². The van der Waals surface area contributed by atoms with E-state index in [9.17, 15) is 28.2 Å². The zero-order valence-corrected chi connectivity index (χ0v) is 21.5. The number of hydrogen-bond donors (Lipinski definition) is 3. The van der Waals surface area contributed by atoms with Crippen molar-refractivity contribution >= 4 is 11.3 Å². The van der Waals surface area contributed by atoms with Gasteiger partial charge in [-0.05, 0) is 24.3 Å². The van der Waals surface area contributed by atoms with Gasteiger partial charge in [-0.25, -0.2) is 9.78 Å². The predicted molar refractivity (Wildman–Crippen MR) is 135 cm³/mol. The summed E-state index contributed by atoms with van der Waals surface area (Å²) in [5.74, 6) is 0.316. The van der Waals surface area contributed by atoms with Crippen LogP contribution in [0, 0.1) is 0 Å². The van der Waals surface area contributed by atoms with Crippen molar-refractivity contribution in [2.45, 2.75) is 19.3 Å². The van der Waals surface area contributed by atoms with Crippen LogP contribution in [0.15, 0.2) is 51.8 Å². The fourth-order valence-electron chi connectivity index (χ4n) is 3.76. The van der Waals surface area contributed by atoms with E-state index < -0.39 is 17.5 Å². The van der Waals surface area contributed by atoms with Crippen LogP contribution in [0.3, 0.4) is 0 Å². The normalized spacial score (nSPS) is 11.8. The number of benzene rings is 2. The molecule has 2 aromatic heterocycles. The van der Waals surface area contributed by atoms with Crippen LogP contribution in [0.4, 0.5) is 13.2 Å². The molecule has 0 unspecified atom stereocenters. The molecule has 39 heavy (non-hydrogen) atoms. The Morgan fingerprint density at radius 2 is 1.82 bits per heavy atom. The average Bonchev–Trinajstić information content (AvgIpc) is 3.53. The summed E-state index contributed by atoms with van der Waals surface area (Å²) in [5.41, 5.74) is 0.864. The van der Waals surface area contributed by atoms with Gasteiger partial charge in [0, 0.05) is 31.3 Å². The van der Waals surface area contributed by atoms with Crippen LogP contribution >= 0.6 is 11.3 Å². The van der Waals surface area contributed by atoms with Gasteiger partial charge in [0.25, 0.3) is 0 Å². The van der Waals surface area contributed by atoms with Gasteiger partial charge in [0.1, 0.15) is 23.1 Å². The van der Waals surface area contributed by atoms with E-state index in [0.29, 0.717) is 53.0 Å². The first-order valence-electron chi connectivity index (χ1n) is 11.7. The van der Waals surface area contributed by atoms with Crippen molar-refractivity contribution in [3.05, 3.63) is 69.1 Å². The smallest absolute Gasteiger partial charge is 0.439 e. The number of nitrogens with zero attached hydrogens (tertiary/aromatic N) is 3. The molecule has 0 spiro atoms. The van der Waals surface area contributed by atoms with Gasteiger partial charge in [-0.1, -0.05) is 17.3 Å². The molecule has 0 atom stereocenters. The van der Waals surface area contributed by atoms with Crippen LogP contribution in [0.5, 0.6) is 11.5 Å². The summed E-state index contributed by atoms with van der Waals surface area (Å²) in [5, 5.41) is 23.0. The third kappa shape index (κ3) is 7.03. The summed E-state index contributed by atoms with van der Waals surface area (Å²) in [6.45, 7) is 0.741. The lowest BCUT2D eigenvalue weighted by molar-refractivity contribution is -0.137. The molecule has 10 nitrogen and oxygen atoms in total. The number of methoxy groups -OCH3 is 1. The number of aromatic nitrogens is 3. The summed E-state index contributed by atoms with van der Waals surface area (Å²) in [7, 11) is 1.45. The van der Waals surface area contributed by atoms with Crippen LogP contribution in [-0.4, -0.2) is 63.7 Å². The van der Waals surface area contributed by atoms with Crippen molar-refractivity contribution in [1.82, 2.24) is 20.0 Å². The zero-order valence-electron chi connectivity index (χ0n) is 20.7. The molecular formula is C25H25F3N4O6S. The molecule has 208 valence electrons. The summed E-state index contributed by atoms with van der Waals surface area (Å²) >= 11 is 1.27. The largest absolute Gasteiger partial charge is 0.496 e. The van der Waals surface area contributed by atoms with E-state index >= 15 is 0 Å². The molecule has 0 aliphatic rings. The van der Waals surface area contributed by atoms with Crippen LogP contribution < -0.4 is 15.2 Å². The molecular weight excluding hydrogens is 541 g/mol. The van der Waals surface area contributed by atoms with Crippen molar-refractivity contribution in [3.63, 3.8) is 0 Å². The first-order chi connectivity index (χ1) is 18.7. The lowest BCUT2D eigenvalue weighted by Gasteiger charge is -2.19. The van der Waals surface area contributed by atoms with Gasteiger partial charge in [-0.2, -0.15) is 13.2 Å². The SMILES string of the molecule is COc1cc(OCc2sc(-c3ccc(C(F)(F)F)cc3)nc2CN(CCO)CCO)ccc1-c1noc(=O)[nH]1. The topological polar surface area (TPSA) is 134 Å². The van der Waals surface area contributed by atoms with Crippen molar-refractivity contribution in [2.75, 3.05) is 33.4 Å². The predicted octanol–water partition coefficient (Wildman–Crippen LogP) is 3.55. The van der Waals surface area contributed by atoms with Crippen molar-refractivity contribution in [3.8, 4) is 33.5 Å². The highest BCUT2D eigenvalue weighted by Gasteiger charge is 2.30. The Kier molecular flexibility index (Phi) is 9.01. The first kappa shape index (κ1) is 28.3. The molecule has 0 aliphatic heterocycles. The van der Waals surface area contributed by atoms with E-state index in [1.807, 2.05) is 4.90 Å². The Morgan fingerprint density at radius 3 is 2.41 bits per heavy atom. The van der Waals surface area contributed by atoms with E-state index in [-0.39, 0.29) is 25.6 Å². The highest BCUT2D eigenvalue weighted by molar-refractivity contribution is 7.15. The number of nitrogens with one attached hydrogen (secondary N) is 1. The molecule has 2 heterocycles. The minimum absolute atomic E-state index is 0.0863. The van der Waals surface area contributed by atoms with Gasteiger partial charge < -0.3 is 19.7 Å². The first-order valence-corrected chi connectivity index (χ1v) is 12.5. The molecule has 4 rings (SSSR count). The van der Waals surface area contributed by atoms with Crippen LogP contribution in [-0.2, 0) is 19.3 Å². The molecule has 0 saturated carbocycles. The van der Waals surface area contributed by atoms with E-state index in [1.165, 1.54) is 30.6 Å². The highest BCUT2D eigenvalue weighted by atomic mass is 32.1. The maximum atomic E-state index is 13.0. The second-order valence-electron chi connectivity index (χ2n) is 8.28. The van der Waals surface area contributed by atoms with Gasteiger partial charge in [0.2, 0.25) is 0 Å². The van der Waals surface area contributed by atoms with Crippen LogP contribution in [0.25, 0.3) is 22.0 Å². The van der Waals surface area contributed by atoms with Crippen molar-refractivity contribution in [2.24, 2.45) is 0 Å². The van der Waals surface area contributed by atoms with Crippen LogP contribution in [0.1, 0.15) is 16.1 Å². The zero-order chi connectivity index (χ0) is 28.0. The number of aromatic amines is 1. The quantitative estimate of drug-likeness (QED) is 0.235. The molecule has 2 aromatic carbocycles. The molecule has 14 heteroatoms. The van der Waals surface area contributed by atoms with E-state index in [4.69, 9.17) is 9.47 Å². The molecule has 0 aliphatic carbocycles. The Bertz CT molecular complexity index is 1430. The molecule has 4 aromatic rings. The van der Waals surface area contributed by atoms with Gasteiger partial charge >= 0.3 is 11.9 Å². The Labute approximate surface area is 224 Å². The number of rotatable bonds is 12. The number of halogens is 3. The van der Waals surface area contributed by atoms with Gasteiger partial charge in [-0.3, -0.25) is 14.4 Å². The maximum Gasteiger partial charge on any atom is 0.439 e. The Hall–Kier alpha value is -3.72. The summed E-state index contributed by atoms with van der Waals surface area (Å²) in [6.07, 6.45) is -4.44. The van der Waals surface area contributed by atoms with E-state index in [0.717, 1.165) is 17.0 Å². The molecule has 0 fully saturated rings. The lowest BCUT2D eigenvalue weighted by Crippen LogP contribution is -2.30. The van der Waals surface area contributed by atoms with E-state index in [2.05, 4.69) is 19.6 Å². The Morgan fingerprint density at radius 1 is 1.10 bits per heavy atom. The fraction of sp³-hybridized carbons (Fsp3) is 0.320. The Balaban J connectivity index is 1.60. The third-order valence-electron chi connectivity index (χ3n) is 5.68. The lowest BCUT2D eigenvalue weighted by atomic mass is 10.1. The van der Waals surface area contributed by atoms with E-state index in [1.54, 1.807) is 18.2 Å². The minimum atomic E-state index is -4.44. The number of alkyl halides is 3. The summed E-state index contributed by atoms with van der Waals surface area (Å²) in [4.78, 5) is 20.9. The minimum Gasteiger partial charge on any atom is -0.496 e. The van der Waals surface area contributed by atoms with Gasteiger partial charge in [0.05, 0.1) is 42.0 Å². The number of aliphatic hydroxyl groups excluding tert-OH is 2. The summed E-state index contributed by atoms with van der Waals surface area (Å²) < 4.78 is 55.0. The average molecular weight is 567 g/mol. The van der Waals surface area contributed by atoms with Gasteiger partial charge in [-0.15, -0.1) is 11.3 Å². The molecule has 0 amide bonds. The molecule has 3 N–H and O–H groups in total. The second kappa shape index (κ2) is 12.4. The number of ether oxygens (including phenoxy) is 2. The van der Waals surface area contributed by atoms with Crippen molar-refractivity contribution < 1.29 is 37.4 Å². The fourth-order valence-corrected chi connectivity index (χ4v) is 4.75. The highest BCUT2D eigenvalue weighted by Crippen LogP contribution is 2.35. The third-order valence-corrected chi connectivity index (χ3v) is 6.80. The maximum absolute atomic E-state index is 13.0. The van der Waals surface area contributed by atoms with Gasteiger partial charge in [0.15, 0.2) is 5.82 Å². The molecule has 0 bridgehead atoms. The number of hydrogen-bond acceptors (Lipinski definition) is 10. The second-order valence-corrected chi connectivity index (χ2v) is 9.37. The number of aliphatic hydroxyl groups is 2. The monoisotopic (exact) mass is 566 g/mol. The van der Waals surface area contributed by atoms with Crippen LogP contribution in [0.2, 0.25) is 0 Å². The number of H-pyrrole nitrogens is 1. The molecule has 0 saturated heterocycles. The standard InChI is InChI=1S/C25H25F3N4O6S/c1-36-20-12-17(6-7-18(20)22-30-24(35)38-31-22)37-14-21-19(13-32(8-10-33)9-11-34)29-23(39-21)15-2-4-16(5-3-15)25(26,27)28/h2-7,12,33-34H,8-11,13-14H2,1H3,(H,30,31,35). The molecule has 0 radical (unpaired) electrons.